The molecule has 0 aliphatic carbocycles. The van der Waals surface area contributed by atoms with E-state index in [2.05, 4.69) is 31.5 Å². The first kappa shape index (κ1) is 27.6. The molecular weight excluding hydrogens is 534 g/mol. The maximum absolute atomic E-state index is 13.7. The number of alkyl halides is 2. The van der Waals surface area contributed by atoms with Crippen molar-refractivity contribution in [1.82, 2.24) is 40.5 Å². The minimum atomic E-state index is -2.88. The van der Waals surface area contributed by atoms with Crippen LogP contribution in [0.5, 0.6) is 0 Å². The Morgan fingerprint density at radius 1 is 1.13 bits per heavy atom. The highest BCUT2D eigenvalue weighted by Crippen LogP contribution is 2.31. The third-order valence-electron chi connectivity index (χ3n) is 5.30. The fourth-order valence-electron chi connectivity index (χ4n) is 3.55. The third kappa shape index (κ3) is 6.19. The number of hydrogen-bond donors (Lipinski definition) is 3. The molecule has 0 saturated carbocycles. The van der Waals surface area contributed by atoms with Gasteiger partial charge in [0.15, 0.2) is 5.65 Å². The van der Waals surface area contributed by atoms with Gasteiger partial charge < -0.3 is 10.1 Å². The van der Waals surface area contributed by atoms with Gasteiger partial charge in [-0.15, -0.1) is 16.4 Å². The number of hydrogen-bond acceptors (Lipinski definition) is 8. The molecule has 0 fully saturated rings. The number of pyridine rings is 1. The summed E-state index contributed by atoms with van der Waals surface area (Å²) in [7, 11) is 0. The molecule has 0 radical (unpaired) electrons. The maximum atomic E-state index is 13.7. The highest BCUT2D eigenvalue weighted by molar-refractivity contribution is 7.15. The van der Waals surface area contributed by atoms with Gasteiger partial charge in [0.2, 0.25) is 0 Å². The lowest BCUT2D eigenvalue weighted by molar-refractivity contribution is -0.123. The van der Waals surface area contributed by atoms with Crippen molar-refractivity contribution in [3.05, 3.63) is 52.9 Å². The van der Waals surface area contributed by atoms with Crippen molar-refractivity contribution < 1.29 is 27.9 Å². The molecule has 4 aromatic rings. The van der Waals surface area contributed by atoms with Crippen LogP contribution in [0.15, 0.2) is 36.8 Å². The number of rotatable bonds is 6. The van der Waals surface area contributed by atoms with Crippen molar-refractivity contribution >= 4 is 34.9 Å². The van der Waals surface area contributed by atoms with Crippen LogP contribution in [0, 0.1) is 6.92 Å². The molecule has 4 aromatic heterocycles. The second-order valence-electron chi connectivity index (χ2n) is 9.54. The van der Waals surface area contributed by atoms with Crippen LogP contribution >= 0.6 is 11.3 Å². The van der Waals surface area contributed by atoms with Gasteiger partial charge in [-0.2, -0.15) is 0 Å². The average Bonchev–Trinajstić information content (AvgIpc) is 3.59. The largest absolute Gasteiger partial charge is 0.443 e. The predicted octanol–water partition coefficient (Wildman–Crippen LogP) is 3.56. The van der Waals surface area contributed by atoms with E-state index in [-0.39, 0.29) is 16.9 Å². The summed E-state index contributed by atoms with van der Waals surface area (Å²) in [4.78, 5) is 43.8. The summed E-state index contributed by atoms with van der Waals surface area (Å²) >= 11 is 1.50. The number of halogens is 2. The van der Waals surface area contributed by atoms with Crippen molar-refractivity contribution in [2.45, 2.75) is 52.7 Å². The quantitative estimate of drug-likeness (QED) is 0.306. The number of aryl methyl sites for hydroxylation is 1. The molecule has 1 unspecified atom stereocenters. The van der Waals surface area contributed by atoms with Crippen LogP contribution in [0.25, 0.3) is 21.9 Å². The van der Waals surface area contributed by atoms with Crippen LogP contribution < -0.4 is 16.2 Å². The standard InChI is InChI=1S/C24H26F2N8O4S/c1-12-6-7-18(39-12)16-9-27-20-15(34-17(19(25)26)10-28-32-34)8-14(11-33(16)20)22(36)29-13(2)21(35)30-31-23(37)38-24(3,4)5/h6-11,13,19H,1-5H3,(H,29,36)(H,30,35)(H,31,37). The summed E-state index contributed by atoms with van der Waals surface area (Å²) in [6.07, 6.45) is 0.249. The number of fused-ring (bicyclic) bond motifs is 1. The van der Waals surface area contributed by atoms with E-state index in [0.717, 1.165) is 20.6 Å². The van der Waals surface area contributed by atoms with Crippen LogP contribution in [-0.2, 0) is 9.53 Å². The molecule has 206 valence electrons. The lowest BCUT2D eigenvalue weighted by Crippen LogP contribution is -2.52. The van der Waals surface area contributed by atoms with E-state index in [9.17, 15) is 23.2 Å². The lowest BCUT2D eigenvalue weighted by Gasteiger charge is -2.20. The number of nitrogens with zero attached hydrogens (tertiary/aromatic N) is 5. The van der Waals surface area contributed by atoms with Gasteiger partial charge in [0.05, 0.1) is 28.5 Å². The lowest BCUT2D eigenvalue weighted by atomic mass is 10.2. The highest BCUT2D eigenvalue weighted by atomic mass is 32.1. The number of carbonyl (C=O) groups excluding carboxylic acids is 3. The van der Waals surface area contributed by atoms with Crippen molar-refractivity contribution in [2.24, 2.45) is 0 Å². The zero-order chi connectivity index (χ0) is 28.5. The van der Waals surface area contributed by atoms with E-state index in [1.807, 2.05) is 19.1 Å². The molecule has 0 bridgehead atoms. The molecule has 39 heavy (non-hydrogen) atoms. The normalized spacial score (nSPS) is 12.4. The molecular formula is C24H26F2N8O4S. The fraction of sp³-hybridized carbons (Fsp3) is 0.333. The van der Waals surface area contributed by atoms with E-state index in [1.165, 1.54) is 30.5 Å². The van der Waals surface area contributed by atoms with Gasteiger partial charge in [0, 0.05) is 11.1 Å². The first-order valence-electron chi connectivity index (χ1n) is 11.7. The van der Waals surface area contributed by atoms with Crippen LogP contribution in [0.4, 0.5) is 13.6 Å². The SMILES string of the molecule is Cc1ccc(-c2cnc3c(-n4nncc4C(F)F)cc(C(=O)NC(C)C(=O)NNC(=O)OC(C)(C)C)cn23)s1. The summed E-state index contributed by atoms with van der Waals surface area (Å²) in [6.45, 7) is 8.34. The molecule has 0 aromatic carbocycles. The van der Waals surface area contributed by atoms with E-state index < -0.39 is 41.7 Å². The number of aromatic nitrogens is 5. The van der Waals surface area contributed by atoms with Gasteiger partial charge in [-0.3, -0.25) is 19.4 Å². The molecule has 4 heterocycles. The zero-order valence-corrected chi connectivity index (χ0v) is 22.5. The maximum Gasteiger partial charge on any atom is 0.426 e. The van der Waals surface area contributed by atoms with Gasteiger partial charge in [-0.25, -0.2) is 28.7 Å². The number of ether oxygens (including phenoxy) is 1. The summed E-state index contributed by atoms with van der Waals surface area (Å²) in [6, 6.07) is 4.07. The smallest absolute Gasteiger partial charge is 0.426 e. The Morgan fingerprint density at radius 3 is 2.51 bits per heavy atom. The summed E-state index contributed by atoms with van der Waals surface area (Å²) < 4.78 is 34.9. The molecule has 3 N–H and O–H groups in total. The third-order valence-corrected chi connectivity index (χ3v) is 6.32. The minimum Gasteiger partial charge on any atom is -0.443 e. The second kappa shape index (κ2) is 10.8. The number of thiophene rings is 1. The predicted molar refractivity (Wildman–Crippen MR) is 138 cm³/mol. The van der Waals surface area contributed by atoms with Crippen molar-refractivity contribution in [3.63, 3.8) is 0 Å². The van der Waals surface area contributed by atoms with Gasteiger partial charge >= 0.3 is 6.09 Å². The van der Waals surface area contributed by atoms with Crippen LogP contribution in [-0.4, -0.2) is 53.9 Å². The molecule has 0 aliphatic heterocycles. The van der Waals surface area contributed by atoms with Gasteiger partial charge in [-0.1, -0.05) is 5.21 Å². The molecule has 3 amide bonds. The molecule has 0 spiro atoms. The summed E-state index contributed by atoms with van der Waals surface area (Å²) in [5.41, 5.74) is 4.08. The Bertz CT molecular complexity index is 1540. The number of carbonyl (C=O) groups is 3. The van der Waals surface area contributed by atoms with Crippen molar-refractivity contribution in [1.29, 1.82) is 0 Å². The number of amides is 3. The van der Waals surface area contributed by atoms with Crippen LogP contribution in [0.3, 0.4) is 0 Å². The Kier molecular flexibility index (Phi) is 7.63. The van der Waals surface area contributed by atoms with Crippen molar-refractivity contribution in [2.75, 3.05) is 0 Å². The Morgan fingerprint density at radius 2 is 1.87 bits per heavy atom. The fourth-order valence-corrected chi connectivity index (χ4v) is 4.43. The second-order valence-corrected chi connectivity index (χ2v) is 10.8. The number of imidazole rings is 1. The first-order chi connectivity index (χ1) is 18.3. The van der Waals surface area contributed by atoms with Crippen molar-refractivity contribution in [3.8, 4) is 16.3 Å². The summed E-state index contributed by atoms with van der Waals surface area (Å²) in [5.74, 6) is -1.40. The molecule has 0 aliphatic rings. The Balaban J connectivity index is 1.65. The number of hydrazine groups is 1. The average molecular weight is 561 g/mol. The number of nitrogens with one attached hydrogen (secondary N) is 3. The Hall–Kier alpha value is -4.40. The first-order valence-corrected chi connectivity index (χ1v) is 12.5. The molecule has 15 heteroatoms. The zero-order valence-electron chi connectivity index (χ0n) is 21.7. The molecule has 4 rings (SSSR count). The van der Waals surface area contributed by atoms with Crippen LogP contribution in [0.2, 0.25) is 0 Å². The van der Waals surface area contributed by atoms with Crippen LogP contribution in [0.1, 0.15) is 55.0 Å². The van der Waals surface area contributed by atoms with Gasteiger partial charge in [0.25, 0.3) is 18.2 Å². The highest BCUT2D eigenvalue weighted by Gasteiger charge is 2.24. The molecule has 0 saturated heterocycles. The van der Waals surface area contributed by atoms with E-state index in [1.54, 1.807) is 31.4 Å². The van der Waals surface area contributed by atoms with E-state index in [0.29, 0.717) is 5.69 Å². The molecule has 12 nitrogen and oxygen atoms in total. The van der Waals surface area contributed by atoms with E-state index >= 15 is 0 Å². The topological polar surface area (TPSA) is 145 Å². The van der Waals surface area contributed by atoms with E-state index in [4.69, 9.17) is 4.74 Å². The minimum absolute atomic E-state index is 0.0421. The Labute approximate surface area is 225 Å². The van der Waals surface area contributed by atoms with Gasteiger partial charge in [0.1, 0.15) is 23.0 Å². The summed E-state index contributed by atoms with van der Waals surface area (Å²) in [5, 5.41) is 9.92. The monoisotopic (exact) mass is 560 g/mol. The molecule has 1 atom stereocenters. The van der Waals surface area contributed by atoms with Gasteiger partial charge in [-0.05, 0) is 52.8 Å².